The first kappa shape index (κ1) is 14.3. The number of carboxylic acid groups (broad SMARTS) is 1. The maximum atomic E-state index is 11.2. The summed E-state index contributed by atoms with van der Waals surface area (Å²) in [6.07, 6.45) is 1.99. The molecule has 5 nitrogen and oxygen atoms in total. The summed E-state index contributed by atoms with van der Waals surface area (Å²) in [4.78, 5) is 17.9. The minimum absolute atomic E-state index is 0.431. The van der Waals surface area contributed by atoms with Crippen LogP contribution in [0.25, 0.3) is 0 Å². The SMILES string of the molecule is CN(c1nc(C(C)(C)C(=O)O)cs1)C1CCOCC1. The van der Waals surface area contributed by atoms with Crippen molar-refractivity contribution in [2.75, 3.05) is 25.2 Å². The fourth-order valence-corrected chi connectivity index (χ4v) is 3.08. The third-order valence-corrected chi connectivity index (χ3v) is 4.64. The number of ether oxygens (including phenoxy) is 1. The van der Waals surface area contributed by atoms with Crippen LogP contribution in [0.5, 0.6) is 0 Å². The summed E-state index contributed by atoms with van der Waals surface area (Å²) in [5.74, 6) is -0.849. The average Bonchev–Trinajstić information content (AvgIpc) is 2.89. The highest BCUT2D eigenvalue weighted by Crippen LogP contribution is 2.30. The Morgan fingerprint density at radius 2 is 2.16 bits per heavy atom. The van der Waals surface area contributed by atoms with Crippen molar-refractivity contribution in [3.63, 3.8) is 0 Å². The molecule has 1 N–H and O–H groups in total. The van der Waals surface area contributed by atoms with Gasteiger partial charge in [-0.1, -0.05) is 0 Å². The van der Waals surface area contributed by atoms with Crippen LogP contribution in [0.2, 0.25) is 0 Å². The number of nitrogens with zero attached hydrogens (tertiary/aromatic N) is 2. The van der Waals surface area contributed by atoms with Gasteiger partial charge in [-0.2, -0.15) is 0 Å². The Hall–Kier alpha value is -1.14. The summed E-state index contributed by atoms with van der Waals surface area (Å²) in [5, 5.41) is 12.0. The van der Waals surface area contributed by atoms with Gasteiger partial charge in [0.05, 0.1) is 5.69 Å². The Labute approximate surface area is 117 Å². The van der Waals surface area contributed by atoms with Crippen molar-refractivity contribution in [1.82, 2.24) is 4.98 Å². The molecule has 0 amide bonds. The highest BCUT2D eigenvalue weighted by Gasteiger charge is 2.33. The van der Waals surface area contributed by atoms with Crippen LogP contribution in [0.1, 0.15) is 32.4 Å². The monoisotopic (exact) mass is 284 g/mol. The molecule has 0 aromatic carbocycles. The lowest BCUT2D eigenvalue weighted by atomic mass is 9.90. The summed E-state index contributed by atoms with van der Waals surface area (Å²) in [7, 11) is 2.02. The molecule has 1 saturated heterocycles. The summed E-state index contributed by atoms with van der Waals surface area (Å²) in [6.45, 7) is 4.94. The lowest BCUT2D eigenvalue weighted by Gasteiger charge is -2.31. The zero-order valence-corrected chi connectivity index (χ0v) is 12.4. The van der Waals surface area contributed by atoms with Gasteiger partial charge in [-0.3, -0.25) is 4.79 Å². The Morgan fingerprint density at radius 1 is 1.53 bits per heavy atom. The lowest BCUT2D eigenvalue weighted by Crippen LogP contribution is -2.36. The molecule has 19 heavy (non-hydrogen) atoms. The van der Waals surface area contributed by atoms with E-state index < -0.39 is 11.4 Å². The molecule has 106 valence electrons. The third kappa shape index (κ3) is 2.90. The van der Waals surface area contributed by atoms with Crippen LogP contribution in [-0.4, -0.2) is 42.4 Å². The van der Waals surface area contributed by atoms with E-state index in [1.54, 1.807) is 13.8 Å². The number of anilines is 1. The predicted molar refractivity (Wildman–Crippen MR) is 75.0 cm³/mol. The lowest BCUT2D eigenvalue weighted by molar-refractivity contribution is -0.142. The molecule has 6 heteroatoms. The summed E-state index contributed by atoms with van der Waals surface area (Å²) in [5.41, 5.74) is -0.315. The quantitative estimate of drug-likeness (QED) is 0.917. The van der Waals surface area contributed by atoms with Crippen LogP contribution in [0.4, 0.5) is 5.13 Å². The van der Waals surface area contributed by atoms with Gasteiger partial charge in [0, 0.05) is 31.7 Å². The van der Waals surface area contributed by atoms with E-state index in [9.17, 15) is 9.90 Å². The number of carboxylic acids is 1. The molecule has 0 radical (unpaired) electrons. The largest absolute Gasteiger partial charge is 0.481 e. The van der Waals surface area contributed by atoms with Crippen LogP contribution in [0.3, 0.4) is 0 Å². The van der Waals surface area contributed by atoms with Crippen molar-refractivity contribution in [3.05, 3.63) is 11.1 Å². The maximum Gasteiger partial charge on any atom is 0.315 e. The zero-order chi connectivity index (χ0) is 14.0. The molecular weight excluding hydrogens is 264 g/mol. The number of aromatic nitrogens is 1. The number of aliphatic carboxylic acids is 1. The summed E-state index contributed by atoms with van der Waals surface area (Å²) < 4.78 is 5.36. The summed E-state index contributed by atoms with van der Waals surface area (Å²) in [6, 6.07) is 0.431. The van der Waals surface area contributed by atoms with Gasteiger partial charge in [-0.15, -0.1) is 11.3 Å². The molecule has 0 aliphatic carbocycles. The Morgan fingerprint density at radius 3 is 2.74 bits per heavy atom. The Kier molecular flexibility index (Phi) is 4.10. The van der Waals surface area contributed by atoms with Crippen LogP contribution < -0.4 is 4.90 Å². The number of hydrogen-bond donors (Lipinski definition) is 1. The minimum Gasteiger partial charge on any atom is -0.481 e. The van der Waals surface area contributed by atoms with Crippen LogP contribution in [-0.2, 0) is 14.9 Å². The molecule has 2 rings (SSSR count). The number of thiazole rings is 1. The van der Waals surface area contributed by atoms with E-state index in [1.807, 2.05) is 12.4 Å². The number of rotatable bonds is 4. The van der Waals surface area contributed by atoms with Crippen molar-refractivity contribution in [1.29, 1.82) is 0 Å². The first-order valence-corrected chi connectivity index (χ1v) is 7.31. The van der Waals surface area contributed by atoms with Gasteiger partial charge in [0.15, 0.2) is 5.13 Å². The van der Waals surface area contributed by atoms with Gasteiger partial charge in [0.25, 0.3) is 0 Å². The first-order chi connectivity index (χ1) is 8.93. The predicted octanol–water partition coefficient (Wildman–Crippen LogP) is 2.12. The third-order valence-electron chi connectivity index (χ3n) is 3.71. The second-order valence-electron chi connectivity index (χ2n) is 5.40. The van der Waals surface area contributed by atoms with E-state index in [4.69, 9.17) is 4.74 Å². The fraction of sp³-hybridized carbons (Fsp3) is 0.692. The van der Waals surface area contributed by atoms with E-state index in [1.165, 1.54) is 11.3 Å². The van der Waals surface area contributed by atoms with Crippen molar-refractivity contribution < 1.29 is 14.6 Å². The van der Waals surface area contributed by atoms with Crippen molar-refractivity contribution >= 4 is 22.4 Å². The molecule has 1 aromatic heterocycles. The maximum absolute atomic E-state index is 11.2. The van der Waals surface area contributed by atoms with Crippen molar-refractivity contribution in [2.45, 2.75) is 38.1 Å². The van der Waals surface area contributed by atoms with Gasteiger partial charge >= 0.3 is 5.97 Å². The highest BCUT2D eigenvalue weighted by molar-refractivity contribution is 7.13. The van der Waals surface area contributed by atoms with Gasteiger partial charge in [-0.05, 0) is 26.7 Å². The van der Waals surface area contributed by atoms with Crippen molar-refractivity contribution in [2.24, 2.45) is 0 Å². The van der Waals surface area contributed by atoms with E-state index in [-0.39, 0.29) is 0 Å². The molecule has 2 heterocycles. The molecule has 0 spiro atoms. The first-order valence-electron chi connectivity index (χ1n) is 6.43. The van der Waals surface area contributed by atoms with E-state index in [2.05, 4.69) is 9.88 Å². The molecule has 1 fully saturated rings. The number of carbonyl (C=O) groups is 1. The standard InChI is InChI=1S/C13H20N2O3S/c1-13(2,11(16)17)10-8-19-12(14-10)15(3)9-4-6-18-7-5-9/h8-9H,4-7H2,1-3H3,(H,16,17). The molecule has 1 aliphatic rings. The Bertz CT molecular complexity index is 452. The molecule has 0 bridgehead atoms. The average molecular weight is 284 g/mol. The smallest absolute Gasteiger partial charge is 0.315 e. The fourth-order valence-electron chi connectivity index (χ4n) is 2.05. The van der Waals surface area contributed by atoms with E-state index in [0.717, 1.165) is 31.2 Å². The number of hydrogen-bond acceptors (Lipinski definition) is 5. The van der Waals surface area contributed by atoms with Crippen molar-refractivity contribution in [3.8, 4) is 0 Å². The van der Waals surface area contributed by atoms with Gasteiger partial charge in [-0.25, -0.2) is 4.98 Å². The molecule has 0 atom stereocenters. The van der Waals surface area contributed by atoms with Gasteiger partial charge in [0.2, 0.25) is 0 Å². The van der Waals surface area contributed by atoms with Gasteiger partial charge in [0.1, 0.15) is 5.41 Å². The molecule has 1 aliphatic heterocycles. The molecular formula is C13H20N2O3S. The topological polar surface area (TPSA) is 62.7 Å². The minimum atomic E-state index is -0.939. The molecule has 0 saturated carbocycles. The van der Waals surface area contributed by atoms with Crippen LogP contribution >= 0.6 is 11.3 Å². The molecule has 0 unspecified atom stereocenters. The van der Waals surface area contributed by atoms with Crippen LogP contribution in [0, 0.1) is 0 Å². The summed E-state index contributed by atoms with van der Waals surface area (Å²) >= 11 is 1.51. The van der Waals surface area contributed by atoms with Gasteiger partial charge < -0.3 is 14.7 Å². The highest BCUT2D eigenvalue weighted by atomic mass is 32.1. The molecule has 1 aromatic rings. The normalized spacial score (nSPS) is 17.4. The van der Waals surface area contributed by atoms with E-state index >= 15 is 0 Å². The zero-order valence-electron chi connectivity index (χ0n) is 11.5. The second-order valence-corrected chi connectivity index (χ2v) is 6.24. The Balaban J connectivity index is 2.14. The second kappa shape index (κ2) is 5.46. The van der Waals surface area contributed by atoms with E-state index in [0.29, 0.717) is 11.7 Å². The van der Waals surface area contributed by atoms with Crippen LogP contribution in [0.15, 0.2) is 5.38 Å².